The van der Waals surface area contributed by atoms with E-state index >= 15 is 4.39 Å². The molecule has 170 valence electrons. The van der Waals surface area contributed by atoms with Crippen LogP contribution >= 0.6 is 24.0 Å². The number of carbonyl (C=O) groups is 1. The number of Topliss-reactive ketones (excluding diaryl/α,β-unsaturated/α-hetero) is 1. The van der Waals surface area contributed by atoms with Crippen molar-refractivity contribution < 1.29 is 14.3 Å². The van der Waals surface area contributed by atoms with E-state index in [-0.39, 0.29) is 24.6 Å². The van der Waals surface area contributed by atoms with E-state index in [9.17, 15) is 9.90 Å². The highest BCUT2D eigenvalue weighted by Crippen LogP contribution is 2.29. The molecule has 4 nitrogen and oxygen atoms in total. The summed E-state index contributed by atoms with van der Waals surface area (Å²) in [6.45, 7) is 3.43. The third-order valence-corrected chi connectivity index (χ3v) is 6.08. The smallest absolute Gasteiger partial charge is 0.179 e. The molecule has 7 heteroatoms. The third kappa shape index (κ3) is 7.26. The first-order chi connectivity index (χ1) is 14.4. The zero-order chi connectivity index (χ0) is 21.6. The lowest BCUT2D eigenvalue weighted by Gasteiger charge is -2.40. The number of aliphatic hydroxyl groups is 1. The average Bonchev–Trinajstić information content (AvgIpc) is 2.75. The number of benzene rings is 2. The van der Waals surface area contributed by atoms with E-state index in [4.69, 9.17) is 11.6 Å². The van der Waals surface area contributed by atoms with E-state index < -0.39 is 17.9 Å². The molecule has 1 saturated heterocycles. The van der Waals surface area contributed by atoms with Crippen LogP contribution in [0.5, 0.6) is 0 Å². The third-order valence-electron chi connectivity index (χ3n) is 5.83. The quantitative estimate of drug-likeness (QED) is 0.414. The Kier molecular flexibility index (Phi) is 9.91. The van der Waals surface area contributed by atoms with Gasteiger partial charge in [0.05, 0.1) is 11.6 Å². The number of nitrogens with zero attached hydrogens (tertiary/aromatic N) is 1. The van der Waals surface area contributed by atoms with Crippen LogP contribution in [-0.2, 0) is 6.42 Å². The Balaban J connectivity index is 0.00000341. The summed E-state index contributed by atoms with van der Waals surface area (Å²) in [5, 5.41) is 14.7. The summed E-state index contributed by atoms with van der Waals surface area (Å²) < 4.78 is 15.1. The Hall–Kier alpha value is -1.50. The molecule has 1 fully saturated rings. The summed E-state index contributed by atoms with van der Waals surface area (Å²) in [5.74, 6) is -0.0867. The summed E-state index contributed by atoms with van der Waals surface area (Å²) in [6, 6.07) is 15.9. The van der Waals surface area contributed by atoms with Crippen molar-refractivity contribution in [3.63, 3.8) is 0 Å². The fraction of sp³-hybridized carbons (Fsp3) is 0.458. The summed E-state index contributed by atoms with van der Waals surface area (Å²) in [5.41, 5.74) is 0.768. The minimum absolute atomic E-state index is 0. The number of nitrogens with one attached hydrogen (secondary N) is 1. The Bertz CT molecular complexity index is 812. The van der Waals surface area contributed by atoms with E-state index in [1.165, 1.54) is 0 Å². The Morgan fingerprint density at radius 1 is 1.16 bits per heavy atom. The molecule has 2 aromatic carbocycles. The summed E-state index contributed by atoms with van der Waals surface area (Å²) in [6.07, 6.45) is 0.378. The molecule has 0 spiro atoms. The molecule has 0 aromatic heterocycles. The molecule has 1 heterocycles. The second-order valence-electron chi connectivity index (χ2n) is 8.07. The van der Waals surface area contributed by atoms with Gasteiger partial charge in [-0.1, -0.05) is 61.0 Å². The van der Waals surface area contributed by atoms with Gasteiger partial charge in [-0.3, -0.25) is 9.69 Å². The van der Waals surface area contributed by atoms with Crippen molar-refractivity contribution in [2.75, 3.05) is 19.6 Å². The van der Waals surface area contributed by atoms with Crippen molar-refractivity contribution in [2.45, 2.75) is 50.5 Å². The zero-order valence-corrected chi connectivity index (χ0v) is 19.3. The summed E-state index contributed by atoms with van der Waals surface area (Å²) in [4.78, 5) is 14.5. The van der Waals surface area contributed by atoms with Gasteiger partial charge in [0.1, 0.15) is 0 Å². The van der Waals surface area contributed by atoms with Crippen molar-refractivity contribution in [3.05, 3.63) is 70.7 Å². The Labute approximate surface area is 195 Å². The van der Waals surface area contributed by atoms with Crippen molar-refractivity contribution in [1.29, 1.82) is 0 Å². The number of piperidine rings is 1. The maximum atomic E-state index is 15.1. The molecule has 0 bridgehead atoms. The number of halogens is 3. The highest BCUT2D eigenvalue weighted by Gasteiger charge is 2.36. The van der Waals surface area contributed by atoms with Gasteiger partial charge in [0.25, 0.3) is 0 Å². The number of likely N-dealkylation sites (N-methyl/N-ethyl adjacent to an activating group) is 1. The van der Waals surface area contributed by atoms with E-state index in [1.54, 1.807) is 17.0 Å². The normalized spacial score (nSPS) is 18.1. The maximum Gasteiger partial charge on any atom is 0.179 e. The van der Waals surface area contributed by atoms with Gasteiger partial charge in [-0.05, 0) is 37.1 Å². The number of carbonyl (C=O) groups excluding carboxylic acids is 1. The molecule has 31 heavy (non-hydrogen) atoms. The number of likely N-dealkylation sites (tertiary alicyclic amines) is 1. The number of rotatable bonds is 9. The molecule has 0 amide bonds. The number of ketones is 1. The van der Waals surface area contributed by atoms with Crippen LogP contribution in [0, 0.1) is 0 Å². The van der Waals surface area contributed by atoms with E-state index in [0.29, 0.717) is 49.5 Å². The van der Waals surface area contributed by atoms with Crippen LogP contribution in [0.4, 0.5) is 4.39 Å². The second-order valence-corrected chi connectivity index (χ2v) is 8.51. The van der Waals surface area contributed by atoms with Gasteiger partial charge in [-0.2, -0.15) is 0 Å². The van der Waals surface area contributed by atoms with E-state index in [1.807, 2.05) is 49.4 Å². The van der Waals surface area contributed by atoms with Gasteiger partial charge in [0.15, 0.2) is 12.1 Å². The van der Waals surface area contributed by atoms with Crippen LogP contribution in [0.1, 0.15) is 42.1 Å². The Morgan fingerprint density at radius 3 is 2.35 bits per heavy atom. The van der Waals surface area contributed by atoms with Crippen LogP contribution in [0.2, 0.25) is 5.02 Å². The largest absolute Gasteiger partial charge is 0.389 e. The topological polar surface area (TPSA) is 52.6 Å². The number of alkyl halides is 1. The van der Waals surface area contributed by atoms with Crippen LogP contribution in [0.25, 0.3) is 0 Å². The fourth-order valence-electron chi connectivity index (χ4n) is 4.06. The SMILES string of the molecule is CCNC(CC(F)N1CCC(O)(Cc2ccc(Cl)cc2)CC1)C(=O)c1ccccc1.Cl. The van der Waals surface area contributed by atoms with Crippen LogP contribution < -0.4 is 5.32 Å². The first-order valence-corrected chi connectivity index (χ1v) is 11.0. The van der Waals surface area contributed by atoms with Gasteiger partial charge < -0.3 is 10.4 Å². The average molecular weight is 469 g/mol. The van der Waals surface area contributed by atoms with Crippen molar-refractivity contribution in [2.24, 2.45) is 0 Å². The molecule has 2 aromatic rings. The number of hydrogen-bond donors (Lipinski definition) is 2. The summed E-state index contributed by atoms with van der Waals surface area (Å²) in [7, 11) is 0. The van der Waals surface area contributed by atoms with Crippen LogP contribution in [0.3, 0.4) is 0 Å². The first-order valence-electron chi connectivity index (χ1n) is 10.6. The van der Waals surface area contributed by atoms with Crippen molar-refractivity contribution >= 4 is 29.8 Å². The van der Waals surface area contributed by atoms with Gasteiger partial charge in [-0.15, -0.1) is 12.4 Å². The standard InChI is InChI=1S/C24H30ClFN2O2.ClH/c1-2-27-21(23(29)19-6-4-3-5-7-19)16-22(26)28-14-12-24(30,13-15-28)17-18-8-10-20(25)11-9-18;/h3-11,21-22,27,30H,2,12-17H2,1H3;1H. The molecule has 1 aliphatic rings. The zero-order valence-electron chi connectivity index (χ0n) is 17.8. The lowest BCUT2D eigenvalue weighted by Crippen LogP contribution is -2.50. The molecule has 2 N–H and O–H groups in total. The lowest BCUT2D eigenvalue weighted by atomic mass is 9.85. The molecule has 0 aliphatic carbocycles. The van der Waals surface area contributed by atoms with E-state index in [2.05, 4.69) is 5.32 Å². The van der Waals surface area contributed by atoms with Gasteiger partial charge in [0, 0.05) is 36.5 Å². The fourth-order valence-corrected chi connectivity index (χ4v) is 4.18. The molecule has 3 rings (SSSR count). The van der Waals surface area contributed by atoms with Crippen molar-refractivity contribution in [3.8, 4) is 0 Å². The minimum atomic E-state index is -1.23. The van der Waals surface area contributed by atoms with Gasteiger partial charge >= 0.3 is 0 Å². The summed E-state index contributed by atoms with van der Waals surface area (Å²) >= 11 is 5.93. The molecule has 0 saturated carbocycles. The molecule has 2 unspecified atom stereocenters. The highest BCUT2D eigenvalue weighted by molar-refractivity contribution is 6.30. The van der Waals surface area contributed by atoms with Crippen molar-refractivity contribution in [1.82, 2.24) is 10.2 Å². The van der Waals surface area contributed by atoms with E-state index in [0.717, 1.165) is 5.56 Å². The highest BCUT2D eigenvalue weighted by atomic mass is 35.5. The minimum Gasteiger partial charge on any atom is -0.389 e. The first kappa shape index (κ1) is 25.8. The number of hydrogen-bond acceptors (Lipinski definition) is 4. The van der Waals surface area contributed by atoms with Crippen LogP contribution in [-0.4, -0.2) is 53.4 Å². The molecule has 0 radical (unpaired) electrons. The second kappa shape index (κ2) is 11.9. The lowest BCUT2D eigenvalue weighted by molar-refractivity contribution is -0.0522. The molecule has 2 atom stereocenters. The molecule has 1 aliphatic heterocycles. The van der Waals surface area contributed by atoms with Crippen LogP contribution in [0.15, 0.2) is 54.6 Å². The van der Waals surface area contributed by atoms with Gasteiger partial charge in [-0.25, -0.2) is 4.39 Å². The molecular formula is C24H31Cl2FN2O2. The monoisotopic (exact) mass is 468 g/mol. The predicted octanol–water partition coefficient (Wildman–Crippen LogP) is 4.68. The van der Waals surface area contributed by atoms with Gasteiger partial charge in [0.2, 0.25) is 0 Å². The predicted molar refractivity (Wildman–Crippen MR) is 126 cm³/mol. The maximum absolute atomic E-state index is 15.1. The molecular weight excluding hydrogens is 438 g/mol. The Morgan fingerprint density at radius 2 is 1.77 bits per heavy atom.